The van der Waals surface area contributed by atoms with E-state index in [1.807, 2.05) is 24.3 Å². The lowest BCUT2D eigenvalue weighted by Gasteiger charge is -2.10. The largest absolute Gasteiger partial charge is 0.476 e. The smallest absolute Gasteiger partial charge is 0.356 e. The number of carboxylic acids is 1. The summed E-state index contributed by atoms with van der Waals surface area (Å²) >= 11 is 5.85. The molecule has 0 atom stereocenters. The van der Waals surface area contributed by atoms with Gasteiger partial charge >= 0.3 is 5.97 Å². The number of nitrogens with one attached hydrogen (secondary N) is 1. The van der Waals surface area contributed by atoms with E-state index in [0.29, 0.717) is 22.9 Å². The van der Waals surface area contributed by atoms with Crippen LogP contribution >= 0.6 is 11.6 Å². The number of nitrogens with zero attached hydrogens (tertiary/aromatic N) is 3. The molecule has 0 bridgehead atoms. The Bertz CT molecular complexity index is 860. The van der Waals surface area contributed by atoms with Gasteiger partial charge in [-0.25, -0.2) is 9.31 Å². The fraction of sp³-hybridized carbons (Fsp3) is 0.133. The molecule has 4 N–H and O–H groups in total. The summed E-state index contributed by atoms with van der Waals surface area (Å²) in [5.74, 6) is -1.07. The van der Waals surface area contributed by atoms with Crippen molar-refractivity contribution in [1.82, 2.24) is 14.6 Å². The van der Waals surface area contributed by atoms with Crippen LogP contribution < -0.4 is 11.1 Å². The Balaban J connectivity index is 1.80. The Morgan fingerprint density at radius 1 is 1.26 bits per heavy atom. The lowest BCUT2D eigenvalue weighted by molar-refractivity contribution is 0.0688. The van der Waals surface area contributed by atoms with Crippen molar-refractivity contribution in [2.45, 2.75) is 6.42 Å². The van der Waals surface area contributed by atoms with Gasteiger partial charge < -0.3 is 16.2 Å². The number of rotatable bonds is 5. The van der Waals surface area contributed by atoms with Gasteiger partial charge in [0.05, 0.1) is 5.69 Å². The topological polar surface area (TPSA) is 106 Å². The lowest BCUT2D eigenvalue weighted by atomic mass is 10.1. The highest BCUT2D eigenvalue weighted by molar-refractivity contribution is 6.30. The fourth-order valence-electron chi connectivity index (χ4n) is 2.31. The predicted molar refractivity (Wildman–Crippen MR) is 88.0 cm³/mol. The molecule has 0 unspecified atom stereocenters. The standard InChI is InChI=1S/C15H14ClN5O2/c16-10-3-1-9(2-4-10)7-8-18-11-5-6-12-19-15(17)20-21(12)13(11)14(22)23/h1-6,18H,7-8H2,(H2,17,20)(H,22,23). The number of hydrogen-bond donors (Lipinski definition) is 3. The third-order valence-corrected chi connectivity index (χ3v) is 3.61. The maximum Gasteiger partial charge on any atom is 0.356 e. The highest BCUT2D eigenvalue weighted by Gasteiger charge is 2.17. The molecule has 0 amide bonds. The summed E-state index contributed by atoms with van der Waals surface area (Å²) < 4.78 is 1.22. The molecular weight excluding hydrogens is 318 g/mol. The Morgan fingerprint density at radius 2 is 2.00 bits per heavy atom. The van der Waals surface area contributed by atoms with Gasteiger partial charge in [0.2, 0.25) is 5.95 Å². The first-order valence-electron chi connectivity index (χ1n) is 6.91. The van der Waals surface area contributed by atoms with E-state index in [4.69, 9.17) is 17.3 Å². The summed E-state index contributed by atoms with van der Waals surface area (Å²) in [6.07, 6.45) is 0.730. The van der Waals surface area contributed by atoms with Crippen molar-refractivity contribution in [3.8, 4) is 0 Å². The number of pyridine rings is 1. The van der Waals surface area contributed by atoms with Crippen LogP contribution in [0.3, 0.4) is 0 Å². The van der Waals surface area contributed by atoms with Gasteiger partial charge in [0.1, 0.15) is 0 Å². The summed E-state index contributed by atoms with van der Waals surface area (Å²) in [6, 6.07) is 10.8. The van der Waals surface area contributed by atoms with Crippen LogP contribution in [0.1, 0.15) is 16.1 Å². The monoisotopic (exact) mass is 331 g/mol. The SMILES string of the molecule is Nc1nc2ccc(NCCc3ccc(Cl)cc3)c(C(=O)O)n2n1. The van der Waals surface area contributed by atoms with Crippen LogP contribution in [-0.4, -0.2) is 32.2 Å². The van der Waals surface area contributed by atoms with Crippen LogP contribution in [0.5, 0.6) is 0 Å². The number of carbonyl (C=O) groups is 1. The molecule has 0 radical (unpaired) electrons. The van der Waals surface area contributed by atoms with E-state index < -0.39 is 5.97 Å². The maximum absolute atomic E-state index is 11.5. The zero-order chi connectivity index (χ0) is 16.4. The highest BCUT2D eigenvalue weighted by atomic mass is 35.5. The van der Waals surface area contributed by atoms with E-state index in [-0.39, 0.29) is 11.6 Å². The van der Waals surface area contributed by atoms with Crippen molar-refractivity contribution in [3.63, 3.8) is 0 Å². The summed E-state index contributed by atoms with van der Waals surface area (Å²) in [7, 11) is 0. The van der Waals surface area contributed by atoms with Crippen molar-refractivity contribution in [2.24, 2.45) is 0 Å². The van der Waals surface area contributed by atoms with Gasteiger partial charge in [-0.15, -0.1) is 5.10 Å². The summed E-state index contributed by atoms with van der Waals surface area (Å²) in [6.45, 7) is 0.567. The second-order valence-electron chi connectivity index (χ2n) is 4.94. The summed E-state index contributed by atoms with van der Waals surface area (Å²) in [4.78, 5) is 15.5. The van der Waals surface area contributed by atoms with Gasteiger partial charge in [0.15, 0.2) is 11.3 Å². The number of hydrogen-bond acceptors (Lipinski definition) is 5. The molecule has 0 aliphatic rings. The van der Waals surface area contributed by atoms with Crippen LogP contribution in [0.15, 0.2) is 36.4 Å². The molecule has 0 saturated heterocycles. The van der Waals surface area contributed by atoms with Crippen LogP contribution in [0.2, 0.25) is 5.02 Å². The second-order valence-corrected chi connectivity index (χ2v) is 5.38. The molecular formula is C15H14ClN5O2. The molecule has 8 heteroatoms. The molecule has 3 rings (SSSR count). The van der Waals surface area contributed by atoms with Crippen LogP contribution in [0.25, 0.3) is 5.65 Å². The van der Waals surface area contributed by atoms with Crippen molar-refractivity contribution >= 4 is 34.9 Å². The minimum atomic E-state index is -1.10. The van der Waals surface area contributed by atoms with E-state index in [0.717, 1.165) is 12.0 Å². The summed E-state index contributed by atoms with van der Waals surface area (Å²) in [5.41, 5.74) is 7.49. The Labute approximate surface area is 136 Å². The van der Waals surface area contributed by atoms with E-state index in [1.54, 1.807) is 12.1 Å². The molecule has 3 aromatic rings. The molecule has 0 saturated carbocycles. The number of anilines is 2. The number of aromatic nitrogens is 3. The average Bonchev–Trinajstić information content (AvgIpc) is 2.88. The Hall–Kier alpha value is -2.80. The summed E-state index contributed by atoms with van der Waals surface area (Å²) in [5, 5.41) is 17.2. The predicted octanol–water partition coefficient (Wildman–Crippen LogP) is 2.32. The van der Waals surface area contributed by atoms with Gasteiger partial charge in [-0.1, -0.05) is 23.7 Å². The quantitative estimate of drug-likeness (QED) is 0.662. The minimum Gasteiger partial charge on any atom is -0.476 e. The number of fused-ring (bicyclic) bond motifs is 1. The third-order valence-electron chi connectivity index (χ3n) is 3.36. The van der Waals surface area contributed by atoms with Gasteiger partial charge in [0, 0.05) is 11.6 Å². The Morgan fingerprint density at radius 3 is 2.70 bits per heavy atom. The van der Waals surface area contributed by atoms with E-state index >= 15 is 0 Å². The first-order chi connectivity index (χ1) is 11.0. The van der Waals surface area contributed by atoms with Crippen molar-refractivity contribution in [2.75, 3.05) is 17.6 Å². The lowest BCUT2D eigenvalue weighted by Crippen LogP contribution is -2.14. The molecule has 2 heterocycles. The first-order valence-corrected chi connectivity index (χ1v) is 7.29. The van der Waals surface area contributed by atoms with Crippen LogP contribution in [0, 0.1) is 0 Å². The zero-order valence-corrected chi connectivity index (χ0v) is 12.8. The minimum absolute atomic E-state index is 0.00260. The van der Waals surface area contributed by atoms with Gasteiger partial charge in [0.25, 0.3) is 0 Å². The number of halogens is 1. The van der Waals surface area contributed by atoms with Gasteiger partial charge in [-0.05, 0) is 36.2 Å². The third kappa shape index (κ3) is 3.19. The molecule has 0 spiro atoms. The van der Waals surface area contributed by atoms with E-state index in [2.05, 4.69) is 15.4 Å². The number of nitrogen functional groups attached to an aromatic ring is 1. The maximum atomic E-state index is 11.5. The van der Waals surface area contributed by atoms with Gasteiger partial charge in [-0.3, -0.25) is 0 Å². The zero-order valence-electron chi connectivity index (χ0n) is 12.0. The first kappa shape index (κ1) is 15.1. The molecule has 2 aromatic heterocycles. The van der Waals surface area contributed by atoms with E-state index in [1.165, 1.54) is 4.52 Å². The molecule has 7 nitrogen and oxygen atoms in total. The van der Waals surface area contributed by atoms with Crippen molar-refractivity contribution < 1.29 is 9.90 Å². The molecule has 23 heavy (non-hydrogen) atoms. The molecule has 0 fully saturated rings. The van der Waals surface area contributed by atoms with Gasteiger partial charge in [-0.2, -0.15) is 4.98 Å². The van der Waals surface area contributed by atoms with Crippen molar-refractivity contribution in [3.05, 3.63) is 52.7 Å². The average molecular weight is 332 g/mol. The molecule has 0 aliphatic carbocycles. The van der Waals surface area contributed by atoms with Crippen LogP contribution in [-0.2, 0) is 6.42 Å². The molecule has 0 aliphatic heterocycles. The number of benzene rings is 1. The number of nitrogens with two attached hydrogens (primary N) is 1. The normalized spacial score (nSPS) is 10.8. The van der Waals surface area contributed by atoms with Crippen LogP contribution in [0.4, 0.5) is 11.6 Å². The van der Waals surface area contributed by atoms with E-state index in [9.17, 15) is 9.90 Å². The van der Waals surface area contributed by atoms with Crippen molar-refractivity contribution in [1.29, 1.82) is 0 Å². The molecule has 1 aromatic carbocycles. The Kier molecular flexibility index (Phi) is 4.03. The highest BCUT2D eigenvalue weighted by Crippen LogP contribution is 2.18. The number of carboxylic acid groups (broad SMARTS) is 1. The fourth-order valence-corrected chi connectivity index (χ4v) is 2.43. The number of aromatic carboxylic acids is 1. The molecule has 118 valence electrons. The second kappa shape index (κ2) is 6.13.